The molecule has 0 aliphatic heterocycles. The molecule has 0 bridgehead atoms. The van der Waals surface area contributed by atoms with Crippen molar-refractivity contribution in [3.63, 3.8) is 0 Å². The molecular formula is C21H18F3NO5. The normalized spacial score (nSPS) is 10.8. The van der Waals surface area contributed by atoms with Gasteiger partial charge in [-0.15, -0.1) is 0 Å². The van der Waals surface area contributed by atoms with Gasteiger partial charge in [-0.25, -0.2) is 18.0 Å². The maximum absolute atomic E-state index is 13.9. The number of nitrogens with one attached hydrogen (secondary N) is 1. The molecule has 1 aromatic heterocycles. The van der Waals surface area contributed by atoms with Crippen LogP contribution >= 0.6 is 0 Å². The van der Waals surface area contributed by atoms with Gasteiger partial charge in [-0.3, -0.25) is 4.79 Å². The predicted molar refractivity (Wildman–Crippen MR) is 102 cm³/mol. The number of esters is 1. The van der Waals surface area contributed by atoms with Crippen LogP contribution in [0.3, 0.4) is 0 Å². The van der Waals surface area contributed by atoms with E-state index in [1.54, 1.807) is 13.8 Å². The third-order valence-electron chi connectivity index (χ3n) is 4.22. The molecule has 30 heavy (non-hydrogen) atoms. The Morgan fingerprint density at radius 2 is 1.63 bits per heavy atom. The van der Waals surface area contributed by atoms with Gasteiger partial charge >= 0.3 is 5.97 Å². The highest BCUT2D eigenvalue weighted by atomic mass is 19.1. The van der Waals surface area contributed by atoms with Gasteiger partial charge in [-0.1, -0.05) is 0 Å². The van der Waals surface area contributed by atoms with Crippen LogP contribution in [0.1, 0.15) is 29.8 Å². The number of benzene rings is 2. The zero-order valence-corrected chi connectivity index (χ0v) is 16.2. The van der Waals surface area contributed by atoms with Crippen molar-refractivity contribution in [3.05, 3.63) is 69.3 Å². The highest BCUT2D eigenvalue weighted by molar-refractivity contribution is 5.94. The van der Waals surface area contributed by atoms with Crippen molar-refractivity contribution in [2.45, 2.75) is 20.5 Å². The van der Waals surface area contributed by atoms with Crippen LogP contribution in [0.4, 0.5) is 13.2 Å². The van der Waals surface area contributed by atoms with Gasteiger partial charge < -0.3 is 19.2 Å². The Morgan fingerprint density at radius 3 is 2.27 bits per heavy atom. The van der Waals surface area contributed by atoms with Crippen LogP contribution in [0, 0.1) is 17.5 Å². The number of pyridine rings is 1. The van der Waals surface area contributed by atoms with Crippen LogP contribution in [-0.2, 0) is 11.3 Å². The Kier molecular flexibility index (Phi) is 6.29. The summed E-state index contributed by atoms with van der Waals surface area (Å²) in [7, 11) is 0. The Balaban J connectivity index is 2.03. The van der Waals surface area contributed by atoms with E-state index in [0.29, 0.717) is 17.6 Å². The first-order chi connectivity index (χ1) is 14.3. The van der Waals surface area contributed by atoms with Crippen LogP contribution < -0.4 is 14.9 Å². The van der Waals surface area contributed by atoms with E-state index >= 15 is 0 Å². The van der Waals surface area contributed by atoms with Crippen LogP contribution in [0.15, 0.2) is 35.3 Å². The van der Waals surface area contributed by atoms with E-state index in [1.807, 2.05) is 0 Å². The summed E-state index contributed by atoms with van der Waals surface area (Å²) in [5.41, 5.74) is -0.916. The molecule has 158 valence electrons. The number of H-pyrrole nitrogens is 1. The fourth-order valence-electron chi connectivity index (χ4n) is 2.83. The molecule has 0 radical (unpaired) electrons. The molecule has 0 spiro atoms. The van der Waals surface area contributed by atoms with E-state index in [-0.39, 0.29) is 35.7 Å². The number of halogens is 3. The average molecular weight is 421 g/mol. The minimum absolute atomic E-state index is 0.0268. The number of aromatic amines is 1. The topological polar surface area (TPSA) is 77.6 Å². The summed E-state index contributed by atoms with van der Waals surface area (Å²) in [5.74, 6) is -3.80. The molecule has 1 heterocycles. The number of fused-ring (bicyclic) bond motifs is 1. The number of ether oxygens (including phenoxy) is 3. The van der Waals surface area contributed by atoms with E-state index in [9.17, 15) is 22.8 Å². The third kappa shape index (κ3) is 4.24. The molecule has 3 aromatic rings. The van der Waals surface area contributed by atoms with E-state index < -0.39 is 41.0 Å². The lowest BCUT2D eigenvalue weighted by Gasteiger charge is -2.14. The van der Waals surface area contributed by atoms with Gasteiger partial charge in [-0.2, -0.15) is 0 Å². The molecule has 0 atom stereocenters. The van der Waals surface area contributed by atoms with Crippen LogP contribution in [0.5, 0.6) is 11.5 Å². The molecule has 0 amide bonds. The lowest BCUT2D eigenvalue weighted by Crippen LogP contribution is -2.18. The molecule has 2 aromatic carbocycles. The van der Waals surface area contributed by atoms with Gasteiger partial charge in [0, 0.05) is 24.4 Å². The number of carbonyl (C=O) groups is 1. The molecular weight excluding hydrogens is 403 g/mol. The Bertz CT molecular complexity index is 1140. The van der Waals surface area contributed by atoms with Crippen LogP contribution in [-0.4, -0.2) is 24.2 Å². The second-order valence-corrected chi connectivity index (χ2v) is 6.17. The maximum Gasteiger partial charge on any atom is 0.343 e. The van der Waals surface area contributed by atoms with E-state index in [2.05, 4.69) is 4.98 Å². The van der Waals surface area contributed by atoms with Crippen LogP contribution in [0.2, 0.25) is 0 Å². The zero-order valence-electron chi connectivity index (χ0n) is 16.2. The Morgan fingerprint density at radius 1 is 0.967 bits per heavy atom. The minimum Gasteiger partial charge on any atom is -0.490 e. The van der Waals surface area contributed by atoms with Gasteiger partial charge in [0.05, 0.1) is 29.7 Å². The first kappa shape index (κ1) is 21.2. The molecule has 6 nitrogen and oxygen atoms in total. The number of carbonyl (C=O) groups excluding carboxylic acids is 1. The summed E-state index contributed by atoms with van der Waals surface area (Å²) >= 11 is 0. The lowest BCUT2D eigenvalue weighted by molar-refractivity contribution is 0.0524. The molecule has 0 unspecified atom stereocenters. The molecule has 9 heteroatoms. The molecule has 0 saturated carbocycles. The highest BCUT2D eigenvalue weighted by Gasteiger charge is 2.18. The first-order valence-electron chi connectivity index (χ1n) is 9.11. The van der Waals surface area contributed by atoms with E-state index in [4.69, 9.17) is 14.2 Å². The summed E-state index contributed by atoms with van der Waals surface area (Å²) in [6, 6.07) is 3.87. The quantitative estimate of drug-likeness (QED) is 0.582. The number of aromatic nitrogens is 1. The molecule has 0 aliphatic rings. The number of rotatable bonds is 7. The largest absolute Gasteiger partial charge is 0.490 e. The monoisotopic (exact) mass is 421 g/mol. The first-order valence-corrected chi connectivity index (χ1v) is 9.11. The second-order valence-electron chi connectivity index (χ2n) is 6.17. The summed E-state index contributed by atoms with van der Waals surface area (Å²) in [6.07, 6.45) is 1.24. The Hall–Kier alpha value is -3.49. The number of hydrogen-bond acceptors (Lipinski definition) is 5. The van der Waals surface area contributed by atoms with Crippen molar-refractivity contribution in [2.75, 3.05) is 13.2 Å². The third-order valence-corrected chi connectivity index (χ3v) is 4.22. The lowest BCUT2D eigenvalue weighted by atomic mass is 10.1. The Labute approximate surface area is 169 Å². The zero-order chi connectivity index (χ0) is 21.8. The van der Waals surface area contributed by atoms with Gasteiger partial charge in [0.1, 0.15) is 29.6 Å². The maximum atomic E-state index is 13.9. The van der Waals surface area contributed by atoms with Gasteiger partial charge in [0.2, 0.25) is 5.43 Å². The van der Waals surface area contributed by atoms with E-state index in [1.165, 1.54) is 18.3 Å². The minimum atomic E-state index is -1.10. The van der Waals surface area contributed by atoms with Crippen molar-refractivity contribution in [1.82, 2.24) is 4.98 Å². The van der Waals surface area contributed by atoms with Crippen LogP contribution in [0.25, 0.3) is 10.9 Å². The SMILES string of the molecule is CCOC(=O)c1c[nH]c2cc(OCC)c(OCc3c(F)cc(F)cc3F)cc2c1=O. The van der Waals surface area contributed by atoms with Crippen molar-refractivity contribution in [2.24, 2.45) is 0 Å². The fraction of sp³-hybridized carbons (Fsp3) is 0.238. The average Bonchev–Trinajstić information content (AvgIpc) is 2.68. The summed E-state index contributed by atoms with van der Waals surface area (Å²) in [6.45, 7) is 3.12. The summed E-state index contributed by atoms with van der Waals surface area (Å²) < 4.78 is 56.7. The van der Waals surface area contributed by atoms with Crippen molar-refractivity contribution in [1.29, 1.82) is 0 Å². The van der Waals surface area contributed by atoms with E-state index in [0.717, 1.165) is 0 Å². The van der Waals surface area contributed by atoms with Gasteiger partial charge in [0.15, 0.2) is 11.5 Å². The standard InChI is InChI=1S/C21H18F3NO5/c1-3-28-19-8-17-12(20(26)13(9-25-17)21(27)29-4-2)7-18(19)30-10-14-15(23)5-11(22)6-16(14)24/h5-9H,3-4,10H2,1-2H3,(H,25,26). The van der Waals surface area contributed by atoms with Gasteiger partial charge in [0.25, 0.3) is 0 Å². The van der Waals surface area contributed by atoms with Gasteiger partial charge in [-0.05, 0) is 19.9 Å². The predicted octanol–water partition coefficient (Wildman–Crippen LogP) is 4.10. The summed E-state index contributed by atoms with van der Waals surface area (Å²) in [4.78, 5) is 27.5. The van der Waals surface area contributed by atoms with Crippen molar-refractivity contribution >= 4 is 16.9 Å². The molecule has 3 rings (SSSR count). The summed E-state index contributed by atoms with van der Waals surface area (Å²) in [5, 5.41) is 0.0963. The number of hydrogen-bond donors (Lipinski definition) is 1. The molecule has 1 N–H and O–H groups in total. The fourth-order valence-corrected chi connectivity index (χ4v) is 2.83. The van der Waals surface area contributed by atoms with Crippen molar-refractivity contribution in [3.8, 4) is 11.5 Å². The molecule has 0 saturated heterocycles. The molecule has 0 fully saturated rings. The highest BCUT2D eigenvalue weighted by Crippen LogP contribution is 2.32. The van der Waals surface area contributed by atoms with Crippen molar-refractivity contribution < 1.29 is 32.2 Å². The second kappa shape index (κ2) is 8.89. The smallest absolute Gasteiger partial charge is 0.343 e. The molecule has 0 aliphatic carbocycles.